The highest BCUT2D eigenvalue weighted by Crippen LogP contribution is 2.36. The lowest BCUT2D eigenvalue weighted by Gasteiger charge is -2.12. The zero-order chi connectivity index (χ0) is 9.52. The summed E-state index contributed by atoms with van der Waals surface area (Å²) in [5.41, 5.74) is 0. The van der Waals surface area contributed by atoms with Crippen LogP contribution >= 0.6 is 34.2 Å². The molecule has 0 aromatic carbocycles. The van der Waals surface area contributed by atoms with Crippen molar-refractivity contribution in [1.82, 2.24) is 0 Å². The molecule has 0 radical (unpaired) electrons. The summed E-state index contributed by atoms with van der Waals surface area (Å²) in [4.78, 5) is 0. The van der Waals surface area contributed by atoms with Gasteiger partial charge < -0.3 is 0 Å². The molecule has 78 valence electrons. The van der Waals surface area contributed by atoms with Gasteiger partial charge in [-0.1, -0.05) is 37.0 Å². The first-order valence-electron chi connectivity index (χ1n) is 5.28. The fourth-order valence-corrected chi connectivity index (χ4v) is 4.00. The average Bonchev–Trinajstić information content (AvgIpc) is 2.94. The van der Waals surface area contributed by atoms with Gasteiger partial charge in [0, 0.05) is 16.3 Å². The number of rotatable bonds is 8. The van der Waals surface area contributed by atoms with Crippen LogP contribution in [0.25, 0.3) is 0 Å². The van der Waals surface area contributed by atoms with Crippen molar-refractivity contribution < 1.29 is 0 Å². The minimum absolute atomic E-state index is 0.792. The minimum Gasteiger partial charge on any atom is -0.157 e. The summed E-state index contributed by atoms with van der Waals surface area (Å²) in [6, 6.07) is 0. The second-order valence-electron chi connectivity index (χ2n) is 3.76. The third kappa shape index (κ3) is 6.19. The van der Waals surface area contributed by atoms with E-state index in [1.165, 1.54) is 44.3 Å². The second-order valence-corrected chi connectivity index (χ2v) is 6.60. The predicted octanol–water partition coefficient (Wildman–Crippen LogP) is 4.41. The van der Waals surface area contributed by atoms with Gasteiger partial charge >= 0.3 is 0 Å². The molecule has 0 N–H and O–H groups in total. The molecule has 0 nitrogen and oxygen atoms in total. The van der Waals surface area contributed by atoms with Crippen LogP contribution < -0.4 is 0 Å². The van der Waals surface area contributed by atoms with Crippen LogP contribution in [-0.4, -0.2) is 16.3 Å². The number of thiol groups is 1. The topological polar surface area (TPSA) is 0 Å². The molecule has 0 amide bonds. The van der Waals surface area contributed by atoms with Gasteiger partial charge in [-0.3, -0.25) is 0 Å². The van der Waals surface area contributed by atoms with E-state index >= 15 is 0 Å². The first-order chi connectivity index (χ1) is 6.36. The molecule has 1 atom stereocenters. The molecule has 1 aliphatic carbocycles. The maximum Gasteiger partial charge on any atom is 0.0239 e. The molecule has 0 heterocycles. The van der Waals surface area contributed by atoms with Gasteiger partial charge in [0.1, 0.15) is 0 Å². The van der Waals surface area contributed by atoms with Crippen molar-refractivity contribution in [1.29, 1.82) is 0 Å². The van der Waals surface area contributed by atoms with E-state index < -0.39 is 0 Å². The molecule has 1 unspecified atom stereocenters. The minimum atomic E-state index is 0.792. The molecule has 0 spiro atoms. The van der Waals surface area contributed by atoms with Gasteiger partial charge in [0.25, 0.3) is 0 Å². The number of hydrogen-bond acceptors (Lipinski definition) is 3. The van der Waals surface area contributed by atoms with Gasteiger partial charge in [0.2, 0.25) is 0 Å². The Balaban J connectivity index is 1.95. The van der Waals surface area contributed by atoms with Crippen molar-refractivity contribution in [3.63, 3.8) is 0 Å². The largest absolute Gasteiger partial charge is 0.157 e. The third-order valence-electron chi connectivity index (χ3n) is 2.32. The Labute approximate surface area is 95.8 Å². The van der Waals surface area contributed by atoms with Crippen LogP contribution in [0.5, 0.6) is 0 Å². The number of thioether (sulfide) groups is 1. The maximum absolute atomic E-state index is 4.34. The van der Waals surface area contributed by atoms with Crippen LogP contribution in [0.15, 0.2) is 0 Å². The summed E-state index contributed by atoms with van der Waals surface area (Å²) in [6.45, 7) is 2.27. The Bertz CT molecular complexity index is 123. The molecule has 0 aliphatic heterocycles. The van der Waals surface area contributed by atoms with Crippen molar-refractivity contribution >= 4 is 34.2 Å². The summed E-state index contributed by atoms with van der Waals surface area (Å²) in [5, 5.41) is 1.80. The van der Waals surface area contributed by atoms with Crippen molar-refractivity contribution in [2.45, 2.75) is 55.9 Å². The Hall–Kier alpha value is 1.05. The molecule has 0 saturated heterocycles. The monoisotopic (exact) mass is 236 g/mol. The van der Waals surface area contributed by atoms with Crippen LogP contribution in [-0.2, 0) is 0 Å². The predicted molar refractivity (Wildman–Crippen MR) is 70.0 cm³/mol. The Morgan fingerprint density at radius 1 is 1.38 bits per heavy atom. The van der Waals surface area contributed by atoms with Crippen LogP contribution in [0.4, 0.5) is 0 Å². The van der Waals surface area contributed by atoms with Crippen LogP contribution in [0, 0.1) is 0 Å². The summed E-state index contributed by atoms with van der Waals surface area (Å²) >= 11 is 6.51. The van der Waals surface area contributed by atoms with Gasteiger partial charge in [-0.05, 0) is 19.3 Å². The highest BCUT2D eigenvalue weighted by Gasteiger charge is 2.22. The van der Waals surface area contributed by atoms with Crippen molar-refractivity contribution in [2.24, 2.45) is 0 Å². The van der Waals surface area contributed by atoms with Crippen LogP contribution in [0.1, 0.15) is 45.4 Å². The van der Waals surface area contributed by atoms with E-state index in [2.05, 4.69) is 30.3 Å². The molecular formula is C10H20S3. The molecule has 1 rings (SSSR count). The standard InChI is InChI=1S/C10H20S3/c1-2-3-4-5-10(13-11)8-12-9-6-7-9/h9-11H,2-8H2,1H3. The summed E-state index contributed by atoms with van der Waals surface area (Å²) < 4.78 is 0. The second kappa shape index (κ2) is 7.36. The molecule has 0 aromatic heterocycles. The summed E-state index contributed by atoms with van der Waals surface area (Å²) in [7, 11) is 1.76. The van der Waals surface area contributed by atoms with E-state index in [1.54, 1.807) is 10.8 Å². The van der Waals surface area contributed by atoms with Gasteiger partial charge in [0.15, 0.2) is 0 Å². The van der Waals surface area contributed by atoms with Crippen LogP contribution in [0.3, 0.4) is 0 Å². The van der Waals surface area contributed by atoms with E-state index in [0.717, 1.165) is 10.5 Å². The van der Waals surface area contributed by atoms with E-state index in [4.69, 9.17) is 0 Å². The Morgan fingerprint density at radius 3 is 2.69 bits per heavy atom. The zero-order valence-corrected chi connectivity index (χ0v) is 10.9. The summed E-state index contributed by atoms with van der Waals surface area (Å²) in [5.74, 6) is 1.32. The first-order valence-corrected chi connectivity index (χ1v) is 8.26. The van der Waals surface area contributed by atoms with E-state index in [0.29, 0.717) is 0 Å². The zero-order valence-electron chi connectivity index (χ0n) is 8.37. The lowest BCUT2D eigenvalue weighted by molar-refractivity contribution is 0.668. The molecule has 3 heteroatoms. The van der Waals surface area contributed by atoms with Gasteiger partial charge in [0.05, 0.1) is 0 Å². The Kier molecular flexibility index (Phi) is 6.86. The third-order valence-corrected chi connectivity index (χ3v) is 5.66. The van der Waals surface area contributed by atoms with Crippen molar-refractivity contribution in [2.75, 3.05) is 5.75 Å². The highest BCUT2D eigenvalue weighted by atomic mass is 33.1. The van der Waals surface area contributed by atoms with Gasteiger partial charge in [-0.15, -0.1) is 11.7 Å². The number of unbranched alkanes of at least 4 members (excludes halogenated alkanes) is 2. The van der Waals surface area contributed by atoms with E-state index in [-0.39, 0.29) is 0 Å². The Morgan fingerprint density at radius 2 is 2.15 bits per heavy atom. The highest BCUT2D eigenvalue weighted by molar-refractivity contribution is 8.69. The van der Waals surface area contributed by atoms with Crippen molar-refractivity contribution in [3.8, 4) is 0 Å². The van der Waals surface area contributed by atoms with E-state index in [1.807, 2.05) is 0 Å². The molecule has 13 heavy (non-hydrogen) atoms. The fourth-order valence-electron chi connectivity index (χ4n) is 1.27. The molecule has 1 fully saturated rings. The molecular weight excluding hydrogens is 216 g/mol. The summed E-state index contributed by atoms with van der Waals surface area (Å²) in [6.07, 6.45) is 8.40. The normalized spacial score (nSPS) is 18.9. The molecule has 1 saturated carbocycles. The molecule has 0 aromatic rings. The smallest absolute Gasteiger partial charge is 0.0239 e. The van der Waals surface area contributed by atoms with E-state index in [9.17, 15) is 0 Å². The number of hydrogen-bond donors (Lipinski definition) is 1. The fraction of sp³-hybridized carbons (Fsp3) is 1.00. The quantitative estimate of drug-likeness (QED) is 0.377. The van der Waals surface area contributed by atoms with Crippen molar-refractivity contribution in [3.05, 3.63) is 0 Å². The molecule has 1 aliphatic rings. The lowest BCUT2D eigenvalue weighted by Crippen LogP contribution is -2.04. The SMILES string of the molecule is CCCCCC(CSC1CC1)SS. The van der Waals surface area contributed by atoms with Gasteiger partial charge in [-0.2, -0.15) is 11.8 Å². The van der Waals surface area contributed by atoms with Crippen LogP contribution in [0.2, 0.25) is 0 Å². The van der Waals surface area contributed by atoms with Gasteiger partial charge in [-0.25, -0.2) is 0 Å². The average molecular weight is 236 g/mol. The maximum atomic E-state index is 4.34. The lowest BCUT2D eigenvalue weighted by atomic mass is 10.2. The molecule has 0 bridgehead atoms. The first kappa shape index (κ1) is 12.1.